The van der Waals surface area contributed by atoms with E-state index in [4.69, 9.17) is 6.57 Å². The van der Waals surface area contributed by atoms with Crippen molar-refractivity contribution in [1.29, 1.82) is 15.8 Å². The van der Waals surface area contributed by atoms with Crippen LogP contribution in [0.1, 0.15) is 27.8 Å². The maximum absolute atomic E-state index is 9.94. The monoisotopic (exact) mass is 632 g/mol. The second-order valence-electron chi connectivity index (χ2n) is 13.0. The van der Waals surface area contributed by atoms with E-state index < -0.39 is 0 Å². The molecule has 4 heteroatoms. The molecule has 0 amide bonds. The number of fused-ring (bicyclic) bond motifs is 8. The van der Waals surface area contributed by atoms with Gasteiger partial charge in [0.1, 0.15) is 0 Å². The summed E-state index contributed by atoms with van der Waals surface area (Å²) in [6, 6.07) is 43.8. The first-order valence-corrected chi connectivity index (χ1v) is 16.3. The summed E-state index contributed by atoms with van der Waals surface area (Å²) in [5, 5.41) is 37.6. The molecule has 0 saturated heterocycles. The molecular weight excluding hydrogens is 609 g/mol. The van der Waals surface area contributed by atoms with Gasteiger partial charge in [-0.3, -0.25) is 0 Å². The first kappa shape index (κ1) is 28.9. The van der Waals surface area contributed by atoms with Crippen molar-refractivity contribution in [3.05, 3.63) is 148 Å². The molecule has 8 aromatic rings. The highest BCUT2D eigenvalue weighted by Crippen LogP contribution is 2.52. The fraction of sp³-hybridized carbons (Fsp3) is 0.0435. The number of aryl methyl sites for hydroxylation is 2. The molecule has 0 spiro atoms. The van der Waals surface area contributed by atoms with Crippen molar-refractivity contribution >= 4 is 48.8 Å². The Morgan fingerprint density at radius 1 is 0.440 bits per heavy atom. The summed E-state index contributed by atoms with van der Waals surface area (Å²) >= 11 is 0. The van der Waals surface area contributed by atoms with Gasteiger partial charge < -0.3 is 0 Å². The largest absolute Gasteiger partial charge is 0.238 e. The fourth-order valence-electron chi connectivity index (χ4n) is 8.07. The first-order chi connectivity index (χ1) is 24.4. The molecule has 0 saturated carbocycles. The molecule has 0 radical (unpaired) electrons. The first-order valence-electron chi connectivity index (χ1n) is 16.3. The van der Waals surface area contributed by atoms with Crippen molar-refractivity contribution in [2.75, 3.05) is 0 Å². The van der Waals surface area contributed by atoms with Crippen LogP contribution in [-0.4, -0.2) is 0 Å². The van der Waals surface area contributed by atoms with Crippen molar-refractivity contribution in [1.82, 2.24) is 0 Å². The molecule has 0 aromatic heterocycles. The van der Waals surface area contributed by atoms with E-state index in [0.717, 1.165) is 98.7 Å². The van der Waals surface area contributed by atoms with Crippen LogP contribution >= 0.6 is 0 Å². The second-order valence-corrected chi connectivity index (χ2v) is 13.0. The molecule has 9 rings (SSSR count). The molecule has 1 aliphatic carbocycles. The Kier molecular flexibility index (Phi) is 6.16. The van der Waals surface area contributed by atoms with E-state index in [2.05, 4.69) is 72.4 Å². The van der Waals surface area contributed by atoms with E-state index in [0.29, 0.717) is 22.4 Å². The lowest BCUT2D eigenvalue weighted by atomic mass is 9.84. The quantitative estimate of drug-likeness (QED) is 0.141. The fourth-order valence-corrected chi connectivity index (χ4v) is 8.07. The summed E-state index contributed by atoms with van der Waals surface area (Å²) in [6.07, 6.45) is 0. The maximum Gasteiger partial charge on any atom is 0.187 e. The predicted octanol–water partition coefficient (Wildman–Crippen LogP) is 12.1. The van der Waals surface area contributed by atoms with Gasteiger partial charge in [0, 0.05) is 5.39 Å². The summed E-state index contributed by atoms with van der Waals surface area (Å²) < 4.78 is 0. The van der Waals surface area contributed by atoms with E-state index in [1.807, 2.05) is 73.7 Å². The summed E-state index contributed by atoms with van der Waals surface area (Å²) in [4.78, 5) is 3.78. The highest BCUT2D eigenvalue weighted by atomic mass is 14.6. The molecule has 0 unspecified atom stereocenters. The topological polar surface area (TPSA) is 75.7 Å². The number of nitriles is 3. The van der Waals surface area contributed by atoms with Crippen molar-refractivity contribution in [3.63, 3.8) is 0 Å². The van der Waals surface area contributed by atoms with Crippen molar-refractivity contribution in [2.45, 2.75) is 13.8 Å². The molecular formula is C46H24N4. The molecule has 50 heavy (non-hydrogen) atoms. The van der Waals surface area contributed by atoms with Gasteiger partial charge in [-0.2, -0.15) is 15.8 Å². The summed E-state index contributed by atoms with van der Waals surface area (Å²) in [6.45, 7) is 11.9. The Hall–Kier alpha value is -7.24. The molecule has 4 nitrogen and oxygen atoms in total. The number of rotatable bonds is 2. The second kappa shape index (κ2) is 10.6. The molecule has 0 atom stereocenters. The van der Waals surface area contributed by atoms with Gasteiger partial charge in [-0.05, 0) is 168 Å². The van der Waals surface area contributed by atoms with Gasteiger partial charge in [0.25, 0.3) is 0 Å². The van der Waals surface area contributed by atoms with Crippen LogP contribution in [-0.2, 0) is 0 Å². The third kappa shape index (κ3) is 4.01. The Morgan fingerprint density at radius 2 is 0.980 bits per heavy atom. The minimum Gasteiger partial charge on any atom is -0.238 e. The van der Waals surface area contributed by atoms with Crippen LogP contribution in [0.15, 0.2) is 109 Å². The Morgan fingerprint density at radius 3 is 1.58 bits per heavy atom. The SMILES string of the molecule is [C-]#[N+]c1ccc2c(c1)c(-c1ccc(C#N)cc1C)cc1c3cc4c(cc3c(-c3ccc(C#N)cc3C)cc21)-c1ccc(C#N)c2cccc-4c12. The van der Waals surface area contributed by atoms with Crippen LogP contribution in [0.4, 0.5) is 5.69 Å². The van der Waals surface area contributed by atoms with Gasteiger partial charge in [-0.25, -0.2) is 4.85 Å². The number of benzene rings is 8. The Balaban J connectivity index is 1.48. The standard InChI is InChI=1S/C46H24N4/c1-25-15-27(22-47)7-11-31(25)38-19-44-40(34-14-10-30(50-3)17-37(34)38)18-39(32-12-8-28(23-48)16-26(32)2)43-21-42-36-13-9-29(24-49)33-5-4-6-35(46(33)36)41(42)20-45(43)44/h4-21H,1-2H3. The molecule has 0 fully saturated rings. The van der Waals surface area contributed by atoms with Crippen LogP contribution in [0, 0.1) is 54.4 Å². The third-order valence-corrected chi connectivity index (χ3v) is 10.4. The maximum atomic E-state index is 9.94. The summed E-state index contributed by atoms with van der Waals surface area (Å²) in [5.74, 6) is 0. The van der Waals surface area contributed by atoms with Crippen LogP contribution in [0.3, 0.4) is 0 Å². The molecule has 8 aromatic carbocycles. The number of nitrogens with zero attached hydrogens (tertiary/aromatic N) is 4. The van der Waals surface area contributed by atoms with Gasteiger partial charge in [0.2, 0.25) is 0 Å². The van der Waals surface area contributed by atoms with Crippen LogP contribution in [0.2, 0.25) is 0 Å². The predicted molar refractivity (Wildman–Crippen MR) is 202 cm³/mol. The molecule has 0 heterocycles. The van der Waals surface area contributed by atoms with Gasteiger partial charge in [-0.15, -0.1) is 0 Å². The zero-order valence-corrected chi connectivity index (χ0v) is 27.2. The number of hydrogen-bond donors (Lipinski definition) is 0. The Bertz CT molecular complexity index is 3050. The van der Waals surface area contributed by atoms with E-state index in [1.54, 1.807) is 0 Å². The van der Waals surface area contributed by atoms with Crippen LogP contribution < -0.4 is 0 Å². The highest BCUT2D eigenvalue weighted by Gasteiger charge is 2.25. The minimum absolute atomic E-state index is 0.564. The van der Waals surface area contributed by atoms with Gasteiger partial charge in [0.15, 0.2) is 5.69 Å². The minimum atomic E-state index is 0.564. The van der Waals surface area contributed by atoms with E-state index in [9.17, 15) is 15.8 Å². The smallest absolute Gasteiger partial charge is 0.187 e. The van der Waals surface area contributed by atoms with Gasteiger partial charge in [0.05, 0.1) is 41.5 Å². The van der Waals surface area contributed by atoms with Crippen LogP contribution in [0.5, 0.6) is 0 Å². The third-order valence-electron chi connectivity index (χ3n) is 10.4. The van der Waals surface area contributed by atoms with Crippen molar-refractivity contribution in [3.8, 4) is 62.7 Å². The molecule has 228 valence electrons. The summed E-state index contributed by atoms with van der Waals surface area (Å²) in [5.41, 5.74) is 13.1. The lowest BCUT2D eigenvalue weighted by Crippen LogP contribution is -1.93. The van der Waals surface area contributed by atoms with Crippen molar-refractivity contribution < 1.29 is 0 Å². The summed E-state index contributed by atoms with van der Waals surface area (Å²) in [7, 11) is 0. The van der Waals surface area contributed by atoms with E-state index in [1.165, 1.54) is 0 Å². The normalized spacial score (nSPS) is 11.3. The van der Waals surface area contributed by atoms with Gasteiger partial charge in [-0.1, -0.05) is 48.5 Å². The average molecular weight is 633 g/mol. The zero-order chi connectivity index (χ0) is 34.3. The zero-order valence-electron chi connectivity index (χ0n) is 27.2. The van der Waals surface area contributed by atoms with Gasteiger partial charge >= 0.3 is 0 Å². The van der Waals surface area contributed by atoms with E-state index in [-0.39, 0.29) is 0 Å². The molecule has 0 aliphatic heterocycles. The van der Waals surface area contributed by atoms with Crippen LogP contribution in [0.25, 0.3) is 92.4 Å². The molecule has 0 N–H and O–H groups in total. The lowest BCUT2D eigenvalue weighted by Gasteiger charge is -2.19. The highest BCUT2D eigenvalue weighted by molar-refractivity contribution is 6.27. The number of hydrogen-bond acceptors (Lipinski definition) is 3. The van der Waals surface area contributed by atoms with Crippen molar-refractivity contribution in [2.24, 2.45) is 0 Å². The molecule has 1 aliphatic rings. The average Bonchev–Trinajstić information content (AvgIpc) is 3.47. The lowest BCUT2D eigenvalue weighted by molar-refractivity contribution is 1.42. The van der Waals surface area contributed by atoms with E-state index >= 15 is 0 Å². The Labute approximate surface area is 288 Å². The molecule has 0 bridgehead atoms.